The zero-order chi connectivity index (χ0) is 14.0. The number of nitrogens with zero attached hydrogens (tertiary/aromatic N) is 2. The van der Waals surface area contributed by atoms with E-state index in [1.807, 2.05) is 0 Å². The summed E-state index contributed by atoms with van der Waals surface area (Å²) in [6.07, 6.45) is 2.21. The first-order valence-electron chi connectivity index (χ1n) is 6.57. The van der Waals surface area contributed by atoms with Gasteiger partial charge in [0.25, 0.3) is 0 Å². The molecule has 1 N–H and O–H groups in total. The van der Waals surface area contributed by atoms with E-state index in [4.69, 9.17) is 5.11 Å². The molecule has 1 aromatic rings. The maximum Gasteiger partial charge on any atom is 0.335 e. The third-order valence-corrected chi connectivity index (χ3v) is 3.81. The number of aromatic carboxylic acids is 1. The Morgan fingerprint density at radius 3 is 2.79 bits per heavy atom. The van der Waals surface area contributed by atoms with E-state index in [9.17, 15) is 10.1 Å². The molecule has 1 aliphatic rings. The molecule has 0 bridgehead atoms. The Hall–Kier alpha value is -2.02. The van der Waals surface area contributed by atoms with Gasteiger partial charge < -0.3 is 10.0 Å². The summed E-state index contributed by atoms with van der Waals surface area (Å²) >= 11 is 0. The van der Waals surface area contributed by atoms with Crippen LogP contribution in [-0.2, 0) is 0 Å². The Balaban J connectivity index is 2.35. The first-order valence-corrected chi connectivity index (χ1v) is 6.57. The third kappa shape index (κ3) is 2.70. The fourth-order valence-corrected chi connectivity index (χ4v) is 2.77. The molecule has 4 heteroatoms. The van der Waals surface area contributed by atoms with Gasteiger partial charge in [-0.3, -0.25) is 0 Å². The Morgan fingerprint density at radius 2 is 2.21 bits per heavy atom. The highest BCUT2D eigenvalue weighted by Gasteiger charge is 2.25. The number of carboxylic acids is 1. The van der Waals surface area contributed by atoms with E-state index in [0.717, 1.165) is 25.1 Å². The fraction of sp³-hybridized carbons (Fsp3) is 0.467. The molecule has 0 amide bonds. The summed E-state index contributed by atoms with van der Waals surface area (Å²) in [5, 5.41) is 18.2. The molecule has 1 fully saturated rings. The molecule has 2 rings (SSSR count). The average molecular weight is 258 g/mol. The van der Waals surface area contributed by atoms with E-state index in [1.54, 1.807) is 12.1 Å². The quantitative estimate of drug-likeness (QED) is 0.885. The molecule has 1 heterocycles. The highest BCUT2D eigenvalue weighted by Crippen LogP contribution is 2.30. The van der Waals surface area contributed by atoms with Gasteiger partial charge in [0.1, 0.15) is 6.07 Å². The minimum absolute atomic E-state index is 0.165. The second kappa shape index (κ2) is 5.31. The van der Waals surface area contributed by atoms with E-state index >= 15 is 0 Å². The van der Waals surface area contributed by atoms with Gasteiger partial charge in [-0.1, -0.05) is 6.92 Å². The summed E-state index contributed by atoms with van der Waals surface area (Å²) in [5.41, 5.74) is 1.46. The van der Waals surface area contributed by atoms with Crippen molar-refractivity contribution in [1.82, 2.24) is 0 Å². The van der Waals surface area contributed by atoms with Crippen LogP contribution in [0.3, 0.4) is 0 Å². The summed E-state index contributed by atoms with van der Waals surface area (Å²) in [6.45, 7) is 5.32. The Labute approximate surface area is 113 Å². The van der Waals surface area contributed by atoms with Crippen molar-refractivity contribution in [2.24, 2.45) is 5.92 Å². The van der Waals surface area contributed by atoms with E-state index < -0.39 is 5.97 Å². The van der Waals surface area contributed by atoms with Gasteiger partial charge in [0, 0.05) is 12.6 Å². The zero-order valence-electron chi connectivity index (χ0n) is 11.3. The molecule has 4 nitrogen and oxygen atoms in total. The predicted molar refractivity (Wildman–Crippen MR) is 73.3 cm³/mol. The van der Waals surface area contributed by atoms with Crippen LogP contribution < -0.4 is 4.90 Å². The lowest BCUT2D eigenvalue weighted by molar-refractivity contribution is 0.0697. The van der Waals surface area contributed by atoms with Crippen LogP contribution in [0.5, 0.6) is 0 Å². The number of anilines is 1. The van der Waals surface area contributed by atoms with Crippen LogP contribution in [0.2, 0.25) is 0 Å². The van der Waals surface area contributed by atoms with Crippen molar-refractivity contribution in [2.45, 2.75) is 32.7 Å². The Bertz CT molecular complexity index is 533. The van der Waals surface area contributed by atoms with Crippen LogP contribution in [0.15, 0.2) is 18.2 Å². The van der Waals surface area contributed by atoms with Crippen molar-refractivity contribution in [3.8, 4) is 6.07 Å². The normalized spacial score (nSPS) is 22.9. The zero-order valence-corrected chi connectivity index (χ0v) is 11.3. The highest BCUT2D eigenvalue weighted by atomic mass is 16.4. The standard InChI is InChI=1S/C15H18N2O2/c1-10-5-6-17(11(2)7-10)14-4-3-12(15(18)19)8-13(14)9-16/h3-4,8,10-11H,5-7H2,1-2H3,(H,18,19). The van der Waals surface area contributed by atoms with Crippen molar-refractivity contribution in [3.05, 3.63) is 29.3 Å². The van der Waals surface area contributed by atoms with Gasteiger partial charge in [0.2, 0.25) is 0 Å². The summed E-state index contributed by atoms with van der Waals surface area (Å²) in [5.74, 6) is -0.293. The molecular weight excluding hydrogens is 240 g/mol. The summed E-state index contributed by atoms with van der Waals surface area (Å²) < 4.78 is 0. The molecule has 1 aliphatic heterocycles. The maximum atomic E-state index is 10.9. The van der Waals surface area contributed by atoms with Crippen molar-refractivity contribution < 1.29 is 9.90 Å². The minimum atomic E-state index is -0.997. The van der Waals surface area contributed by atoms with E-state index in [2.05, 4.69) is 24.8 Å². The third-order valence-electron chi connectivity index (χ3n) is 3.81. The number of nitriles is 1. The van der Waals surface area contributed by atoms with E-state index in [-0.39, 0.29) is 5.56 Å². The molecule has 1 saturated heterocycles. The van der Waals surface area contributed by atoms with Crippen LogP contribution in [-0.4, -0.2) is 23.7 Å². The number of piperidine rings is 1. The molecule has 1 aromatic carbocycles. The van der Waals surface area contributed by atoms with Crippen molar-refractivity contribution in [1.29, 1.82) is 5.26 Å². The maximum absolute atomic E-state index is 10.9. The molecule has 2 atom stereocenters. The van der Waals surface area contributed by atoms with Crippen molar-refractivity contribution in [3.63, 3.8) is 0 Å². The van der Waals surface area contributed by atoms with Gasteiger partial charge >= 0.3 is 5.97 Å². The predicted octanol–water partition coefficient (Wildman–Crippen LogP) is 2.88. The highest BCUT2D eigenvalue weighted by molar-refractivity contribution is 5.89. The smallest absolute Gasteiger partial charge is 0.335 e. The summed E-state index contributed by atoms with van der Waals surface area (Å²) in [6, 6.07) is 7.29. The molecular formula is C15H18N2O2. The van der Waals surface area contributed by atoms with Crippen molar-refractivity contribution >= 4 is 11.7 Å². The second-order valence-electron chi connectivity index (χ2n) is 5.32. The molecule has 19 heavy (non-hydrogen) atoms. The SMILES string of the molecule is CC1CCN(c2ccc(C(=O)O)cc2C#N)C(C)C1. The van der Waals surface area contributed by atoms with E-state index in [1.165, 1.54) is 6.07 Å². The number of rotatable bonds is 2. The molecule has 0 spiro atoms. The van der Waals surface area contributed by atoms with Crippen LogP contribution in [0.25, 0.3) is 0 Å². The lowest BCUT2D eigenvalue weighted by Gasteiger charge is -2.38. The van der Waals surface area contributed by atoms with Gasteiger partial charge in [-0.2, -0.15) is 5.26 Å². The first-order chi connectivity index (χ1) is 9.02. The molecule has 100 valence electrons. The number of carbonyl (C=O) groups is 1. The van der Waals surface area contributed by atoms with Gasteiger partial charge in [-0.05, 0) is 43.9 Å². The topological polar surface area (TPSA) is 64.3 Å². The lowest BCUT2D eigenvalue weighted by Crippen LogP contribution is -2.40. The van der Waals surface area contributed by atoms with Crippen molar-refractivity contribution in [2.75, 3.05) is 11.4 Å². The number of benzene rings is 1. The van der Waals surface area contributed by atoms with Crippen LogP contribution >= 0.6 is 0 Å². The molecule has 0 aliphatic carbocycles. The van der Waals surface area contributed by atoms with Gasteiger partial charge in [0.05, 0.1) is 16.8 Å². The van der Waals surface area contributed by atoms with Gasteiger partial charge in [-0.15, -0.1) is 0 Å². The van der Waals surface area contributed by atoms with E-state index in [0.29, 0.717) is 17.5 Å². The Morgan fingerprint density at radius 1 is 1.47 bits per heavy atom. The second-order valence-corrected chi connectivity index (χ2v) is 5.32. The summed E-state index contributed by atoms with van der Waals surface area (Å²) in [7, 11) is 0. The van der Waals surface area contributed by atoms with Crippen LogP contribution in [0.4, 0.5) is 5.69 Å². The average Bonchev–Trinajstić information content (AvgIpc) is 2.38. The Kier molecular flexibility index (Phi) is 3.75. The lowest BCUT2D eigenvalue weighted by atomic mass is 9.92. The molecule has 0 aromatic heterocycles. The van der Waals surface area contributed by atoms with Crippen LogP contribution in [0, 0.1) is 17.2 Å². The first kappa shape index (κ1) is 13.4. The number of hydrogen-bond donors (Lipinski definition) is 1. The van der Waals surface area contributed by atoms with Gasteiger partial charge in [0.15, 0.2) is 0 Å². The van der Waals surface area contributed by atoms with Gasteiger partial charge in [-0.25, -0.2) is 4.79 Å². The fourth-order valence-electron chi connectivity index (χ4n) is 2.77. The minimum Gasteiger partial charge on any atom is -0.478 e. The monoisotopic (exact) mass is 258 g/mol. The molecule has 0 radical (unpaired) electrons. The largest absolute Gasteiger partial charge is 0.478 e. The molecule has 0 saturated carbocycles. The molecule has 2 unspecified atom stereocenters. The number of carboxylic acid groups (broad SMARTS) is 1. The van der Waals surface area contributed by atoms with Crippen LogP contribution in [0.1, 0.15) is 42.6 Å². The number of hydrogen-bond acceptors (Lipinski definition) is 3. The summed E-state index contributed by atoms with van der Waals surface area (Å²) in [4.78, 5) is 13.2.